The van der Waals surface area contributed by atoms with E-state index >= 15 is 0 Å². The average molecular weight is 228 g/mol. The number of ether oxygens (including phenoxy) is 1. The van der Waals surface area contributed by atoms with Gasteiger partial charge in [-0.25, -0.2) is 0 Å². The number of thiophene rings is 1. The van der Waals surface area contributed by atoms with Gasteiger partial charge in [0.25, 0.3) is 0 Å². The van der Waals surface area contributed by atoms with Gasteiger partial charge in [0.2, 0.25) is 5.28 Å². The highest BCUT2D eigenvalue weighted by atomic mass is 35.5. The van der Waals surface area contributed by atoms with Crippen molar-refractivity contribution in [1.82, 2.24) is 15.0 Å². The van der Waals surface area contributed by atoms with Gasteiger partial charge in [0.15, 0.2) is 5.82 Å². The summed E-state index contributed by atoms with van der Waals surface area (Å²) in [6.45, 7) is 0. The van der Waals surface area contributed by atoms with Gasteiger partial charge in [-0.2, -0.15) is 15.0 Å². The minimum Gasteiger partial charge on any atom is -0.467 e. The molecule has 0 fully saturated rings. The molecule has 0 unspecified atom stereocenters. The molecule has 0 aliphatic carbocycles. The minimum atomic E-state index is 0.139. The Bertz CT molecular complexity index is 432. The number of methoxy groups -OCH3 is 1. The first-order chi connectivity index (χ1) is 6.79. The molecule has 0 spiro atoms. The van der Waals surface area contributed by atoms with Crippen LogP contribution in [0, 0.1) is 0 Å². The Hall–Kier alpha value is -1.20. The van der Waals surface area contributed by atoms with E-state index in [1.54, 1.807) is 0 Å². The summed E-state index contributed by atoms with van der Waals surface area (Å²) >= 11 is 7.25. The van der Waals surface area contributed by atoms with Crippen molar-refractivity contribution in [2.75, 3.05) is 7.11 Å². The van der Waals surface area contributed by atoms with Gasteiger partial charge < -0.3 is 4.74 Å². The van der Waals surface area contributed by atoms with Crippen LogP contribution in [0.25, 0.3) is 10.7 Å². The van der Waals surface area contributed by atoms with Crippen LogP contribution in [-0.4, -0.2) is 22.1 Å². The van der Waals surface area contributed by atoms with Gasteiger partial charge in [0.05, 0.1) is 12.0 Å². The maximum absolute atomic E-state index is 5.71. The quantitative estimate of drug-likeness (QED) is 0.790. The molecule has 0 aliphatic rings. The normalized spacial score (nSPS) is 10.1. The lowest BCUT2D eigenvalue weighted by Gasteiger charge is -1.99. The van der Waals surface area contributed by atoms with E-state index < -0.39 is 0 Å². The lowest BCUT2D eigenvalue weighted by molar-refractivity contribution is 0.379. The highest BCUT2D eigenvalue weighted by Gasteiger charge is 2.07. The van der Waals surface area contributed by atoms with Crippen LogP contribution >= 0.6 is 22.9 Å². The molecule has 0 bridgehead atoms. The van der Waals surface area contributed by atoms with E-state index in [9.17, 15) is 0 Å². The Labute approximate surface area is 89.6 Å². The van der Waals surface area contributed by atoms with Crippen molar-refractivity contribution >= 4 is 22.9 Å². The van der Waals surface area contributed by atoms with Crippen LogP contribution < -0.4 is 4.74 Å². The van der Waals surface area contributed by atoms with Gasteiger partial charge in [-0.15, -0.1) is 11.3 Å². The molecule has 72 valence electrons. The third-order valence-corrected chi connectivity index (χ3v) is 2.55. The summed E-state index contributed by atoms with van der Waals surface area (Å²) in [7, 11) is 1.49. The maximum atomic E-state index is 5.71. The molecule has 0 saturated heterocycles. The topological polar surface area (TPSA) is 47.9 Å². The van der Waals surface area contributed by atoms with Crippen LogP contribution in [0.5, 0.6) is 6.01 Å². The fourth-order valence-electron chi connectivity index (χ4n) is 0.939. The van der Waals surface area contributed by atoms with Crippen LogP contribution in [0.4, 0.5) is 0 Å². The Morgan fingerprint density at radius 2 is 2.21 bits per heavy atom. The fourth-order valence-corrected chi connectivity index (χ4v) is 1.75. The summed E-state index contributed by atoms with van der Waals surface area (Å²) in [6.07, 6.45) is 0. The van der Waals surface area contributed by atoms with Crippen LogP contribution in [0.2, 0.25) is 5.28 Å². The standard InChI is InChI=1S/C8H6ClN3OS/c1-13-8-11-6(10-7(9)12-8)5-3-2-4-14-5/h2-4H,1H3. The molecular formula is C8H6ClN3OS. The van der Waals surface area contributed by atoms with Crippen molar-refractivity contribution in [3.63, 3.8) is 0 Å². The molecule has 0 amide bonds. The summed E-state index contributed by atoms with van der Waals surface area (Å²) in [6, 6.07) is 4.06. The fraction of sp³-hybridized carbons (Fsp3) is 0.125. The predicted octanol–water partition coefficient (Wildman–Crippen LogP) is 2.26. The van der Waals surface area contributed by atoms with E-state index in [2.05, 4.69) is 15.0 Å². The van der Waals surface area contributed by atoms with E-state index in [1.807, 2.05) is 17.5 Å². The molecule has 0 N–H and O–H groups in total. The maximum Gasteiger partial charge on any atom is 0.321 e. The molecule has 2 aromatic rings. The van der Waals surface area contributed by atoms with Crippen LogP contribution in [0.1, 0.15) is 0 Å². The van der Waals surface area contributed by atoms with Crippen molar-refractivity contribution < 1.29 is 4.74 Å². The van der Waals surface area contributed by atoms with Crippen molar-refractivity contribution in [1.29, 1.82) is 0 Å². The Morgan fingerprint density at radius 1 is 1.36 bits per heavy atom. The smallest absolute Gasteiger partial charge is 0.321 e. The lowest BCUT2D eigenvalue weighted by Crippen LogP contribution is -1.96. The molecule has 0 saturated carbocycles. The number of aromatic nitrogens is 3. The molecule has 0 atom stereocenters. The summed E-state index contributed by atoms with van der Waals surface area (Å²) in [5.41, 5.74) is 0. The van der Waals surface area contributed by atoms with Gasteiger partial charge in [-0.05, 0) is 23.0 Å². The predicted molar refractivity (Wildman–Crippen MR) is 54.7 cm³/mol. The Balaban J connectivity index is 2.48. The van der Waals surface area contributed by atoms with Gasteiger partial charge in [0, 0.05) is 0 Å². The molecular weight excluding hydrogens is 222 g/mol. The summed E-state index contributed by atoms with van der Waals surface area (Å²) in [4.78, 5) is 12.8. The third kappa shape index (κ3) is 1.83. The van der Waals surface area contributed by atoms with Gasteiger partial charge >= 0.3 is 6.01 Å². The summed E-state index contributed by atoms with van der Waals surface area (Å²) < 4.78 is 4.89. The van der Waals surface area contributed by atoms with Crippen molar-refractivity contribution in [2.24, 2.45) is 0 Å². The monoisotopic (exact) mass is 227 g/mol. The number of halogens is 1. The molecule has 14 heavy (non-hydrogen) atoms. The van der Waals surface area contributed by atoms with Gasteiger partial charge in [-0.1, -0.05) is 6.07 Å². The van der Waals surface area contributed by atoms with Crippen molar-refractivity contribution in [3.8, 4) is 16.7 Å². The van der Waals surface area contributed by atoms with Gasteiger partial charge in [-0.3, -0.25) is 0 Å². The zero-order valence-corrected chi connectivity index (χ0v) is 8.84. The number of hydrogen-bond donors (Lipinski definition) is 0. The number of nitrogens with zero attached hydrogens (tertiary/aromatic N) is 3. The summed E-state index contributed by atoms with van der Waals surface area (Å²) in [5, 5.41) is 2.08. The largest absolute Gasteiger partial charge is 0.467 e. The number of rotatable bonds is 2. The summed E-state index contributed by atoms with van der Waals surface area (Å²) in [5.74, 6) is 0.539. The highest BCUT2D eigenvalue weighted by molar-refractivity contribution is 7.13. The first-order valence-electron chi connectivity index (χ1n) is 3.79. The second-order valence-electron chi connectivity index (χ2n) is 2.39. The molecule has 0 aromatic carbocycles. The first-order valence-corrected chi connectivity index (χ1v) is 5.05. The minimum absolute atomic E-state index is 0.139. The Morgan fingerprint density at radius 3 is 2.86 bits per heavy atom. The molecule has 2 rings (SSSR count). The molecule has 6 heteroatoms. The molecule has 0 aliphatic heterocycles. The van der Waals surface area contributed by atoms with Crippen LogP contribution in [-0.2, 0) is 0 Å². The SMILES string of the molecule is COc1nc(Cl)nc(-c2cccs2)n1. The second-order valence-corrected chi connectivity index (χ2v) is 3.68. The number of hydrogen-bond acceptors (Lipinski definition) is 5. The van der Waals surface area contributed by atoms with Crippen LogP contribution in [0.15, 0.2) is 17.5 Å². The highest BCUT2D eigenvalue weighted by Crippen LogP contribution is 2.22. The Kier molecular flexibility index (Phi) is 2.60. The van der Waals surface area contributed by atoms with E-state index in [1.165, 1.54) is 18.4 Å². The molecule has 2 aromatic heterocycles. The lowest BCUT2D eigenvalue weighted by atomic mass is 10.4. The zero-order chi connectivity index (χ0) is 9.97. The van der Waals surface area contributed by atoms with Crippen LogP contribution in [0.3, 0.4) is 0 Å². The van der Waals surface area contributed by atoms with E-state index in [-0.39, 0.29) is 11.3 Å². The first kappa shape index (κ1) is 9.36. The molecule has 0 radical (unpaired) electrons. The molecule has 2 heterocycles. The molecule has 4 nitrogen and oxygen atoms in total. The zero-order valence-electron chi connectivity index (χ0n) is 7.27. The van der Waals surface area contributed by atoms with E-state index in [0.29, 0.717) is 5.82 Å². The van der Waals surface area contributed by atoms with E-state index in [0.717, 1.165) is 4.88 Å². The average Bonchev–Trinajstić information content (AvgIpc) is 2.69. The van der Waals surface area contributed by atoms with Crippen molar-refractivity contribution in [2.45, 2.75) is 0 Å². The van der Waals surface area contributed by atoms with E-state index in [4.69, 9.17) is 16.3 Å². The third-order valence-electron chi connectivity index (χ3n) is 1.51. The van der Waals surface area contributed by atoms with Crippen molar-refractivity contribution in [3.05, 3.63) is 22.8 Å². The van der Waals surface area contributed by atoms with Gasteiger partial charge in [0.1, 0.15) is 0 Å². The second kappa shape index (κ2) is 3.89.